The van der Waals surface area contributed by atoms with E-state index in [9.17, 15) is 0 Å². The highest BCUT2D eigenvalue weighted by molar-refractivity contribution is 4.92. The van der Waals surface area contributed by atoms with Gasteiger partial charge < -0.3 is 15.1 Å². The van der Waals surface area contributed by atoms with Gasteiger partial charge in [0, 0.05) is 38.3 Å². The summed E-state index contributed by atoms with van der Waals surface area (Å²) >= 11 is 0. The first kappa shape index (κ1) is 12.9. The molecular weight excluding hydrogens is 222 g/mol. The first-order chi connectivity index (χ1) is 8.83. The molecule has 3 saturated heterocycles. The Bertz CT molecular complexity index is 248. The van der Waals surface area contributed by atoms with Crippen LogP contribution in [-0.2, 0) is 0 Å². The van der Waals surface area contributed by atoms with E-state index in [-0.39, 0.29) is 0 Å². The largest absolute Gasteiger partial charge is 0.311 e. The quantitative estimate of drug-likeness (QED) is 0.818. The fourth-order valence-electron chi connectivity index (χ4n) is 4.11. The number of nitrogens with zero attached hydrogens (tertiary/aromatic N) is 2. The van der Waals surface area contributed by atoms with Crippen LogP contribution in [0.1, 0.15) is 39.0 Å². The molecule has 0 aromatic heterocycles. The van der Waals surface area contributed by atoms with Crippen LogP contribution < -0.4 is 5.32 Å². The molecule has 104 valence electrons. The highest BCUT2D eigenvalue weighted by Gasteiger charge is 2.33. The molecule has 0 saturated carbocycles. The predicted molar refractivity (Wildman–Crippen MR) is 75.8 cm³/mol. The average Bonchev–Trinajstić information content (AvgIpc) is 2.76. The maximum atomic E-state index is 3.75. The zero-order valence-corrected chi connectivity index (χ0v) is 11.9. The Hall–Kier alpha value is -0.120. The second kappa shape index (κ2) is 5.89. The number of likely N-dealkylation sites (N-methyl/N-ethyl adjacent to an activating group) is 1. The molecule has 3 heteroatoms. The molecule has 3 heterocycles. The molecule has 0 aromatic carbocycles. The summed E-state index contributed by atoms with van der Waals surface area (Å²) in [7, 11) is 0. The van der Waals surface area contributed by atoms with Gasteiger partial charge in [-0.3, -0.25) is 0 Å². The zero-order chi connectivity index (χ0) is 12.4. The summed E-state index contributed by atoms with van der Waals surface area (Å²) in [5.41, 5.74) is 0. The number of hydrogen-bond donors (Lipinski definition) is 1. The lowest BCUT2D eigenvalue weighted by atomic mass is 9.89. The SMILES string of the molecule is CCN1CCN(CCC2CC3CCC(C2)N3)CC1. The third kappa shape index (κ3) is 3.06. The zero-order valence-electron chi connectivity index (χ0n) is 11.9. The fraction of sp³-hybridized carbons (Fsp3) is 1.00. The van der Waals surface area contributed by atoms with Crippen molar-refractivity contribution in [3.05, 3.63) is 0 Å². The van der Waals surface area contributed by atoms with E-state index >= 15 is 0 Å². The van der Waals surface area contributed by atoms with E-state index in [0.29, 0.717) is 0 Å². The summed E-state index contributed by atoms with van der Waals surface area (Å²) in [6.45, 7) is 10.0. The standard InChI is InChI=1S/C15H29N3/c1-2-17-7-9-18(10-8-17)6-5-13-11-14-3-4-15(12-13)16-14/h13-16H,2-12H2,1H3. The van der Waals surface area contributed by atoms with E-state index in [2.05, 4.69) is 22.0 Å². The third-order valence-corrected chi connectivity index (χ3v) is 5.34. The third-order valence-electron chi connectivity index (χ3n) is 5.34. The van der Waals surface area contributed by atoms with E-state index in [4.69, 9.17) is 0 Å². The molecule has 2 unspecified atom stereocenters. The van der Waals surface area contributed by atoms with E-state index in [1.165, 1.54) is 71.4 Å². The molecule has 1 N–H and O–H groups in total. The van der Waals surface area contributed by atoms with Crippen molar-refractivity contribution >= 4 is 0 Å². The Morgan fingerprint density at radius 2 is 1.56 bits per heavy atom. The fourth-order valence-corrected chi connectivity index (χ4v) is 4.11. The van der Waals surface area contributed by atoms with Gasteiger partial charge in [0.25, 0.3) is 0 Å². The molecule has 0 aromatic rings. The second-order valence-corrected chi connectivity index (χ2v) is 6.54. The minimum atomic E-state index is 0.866. The lowest BCUT2D eigenvalue weighted by Gasteiger charge is -2.36. The Balaban J connectivity index is 1.37. The van der Waals surface area contributed by atoms with E-state index in [0.717, 1.165) is 18.0 Å². The van der Waals surface area contributed by atoms with E-state index in [1.54, 1.807) is 0 Å². The molecule has 3 nitrogen and oxygen atoms in total. The molecule has 3 fully saturated rings. The first-order valence-corrected chi connectivity index (χ1v) is 8.04. The van der Waals surface area contributed by atoms with Gasteiger partial charge >= 0.3 is 0 Å². The van der Waals surface area contributed by atoms with Crippen molar-refractivity contribution < 1.29 is 0 Å². The number of nitrogens with one attached hydrogen (secondary N) is 1. The first-order valence-electron chi connectivity index (χ1n) is 8.04. The summed E-state index contributed by atoms with van der Waals surface area (Å²) in [6.07, 6.45) is 7.23. The number of fused-ring (bicyclic) bond motifs is 2. The van der Waals surface area contributed by atoms with Gasteiger partial charge in [0.2, 0.25) is 0 Å². The van der Waals surface area contributed by atoms with Crippen LogP contribution in [0.5, 0.6) is 0 Å². The van der Waals surface area contributed by atoms with Crippen molar-refractivity contribution in [2.45, 2.75) is 51.1 Å². The van der Waals surface area contributed by atoms with Gasteiger partial charge in [0.15, 0.2) is 0 Å². The Morgan fingerprint density at radius 1 is 0.944 bits per heavy atom. The van der Waals surface area contributed by atoms with Crippen LogP contribution in [0.15, 0.2) is 0 Å². The molecule has 2 bridgehead atoms. The smallest absolute Gasteiger partial charge is 0.0110 e. The number of hydrogen-bond acceptors (Lipinski definition) is 3. The minimum Gasteiger partial charge on any atom is -0.311 e. The lowest BCUT2D eigenvalue weighted by molar-refractivity contribution is 0.126. The summed E-state index contributed by atoms with van der Waals surface area (Å²) in [6, 6.07) is 1.73. The van der Waals surface area contributed by atoms with E-state index in [1.807, 2.05) is 0 Å². The number of rotatable bonds is 4. The van der Waals surface area contributed by atoms with Gasteiger partial charge in [-0.25, -0.2) is 0 Å². The van der Waals surface area contributed by atoms with Crippen LogP contribution in [0.2, 0.25) is 0 Å². The summed E-state index contributed by atoms with van der Waals surface area (Å²) in [5.74, 6) is 1.01. The summed E-state index contributed by atoms with van der Waals surface area (Å²) in [4.78, 5) is 5.26. The van der Waals surface area contributed by atoms with Crippen molar-refractivity contribution in [2.24, 2.45) is 5.92 Å². The van der Waals surface area contributed by atoms with Gasteiger partial charge in [-0.2, -0.15) is 0 Å². The molecular formula is C15H29N3. The van der Waals surface area contributed by atoms with Gasteiger partial charge in [0.1, 0.15) is 0 Å². The average molecular weight is 251 g/mol. The van der Waals surface area contributed by atoms with Gasteiger partial charge in [-0.15, -0.1) is 0 Å². The molecule has 0 amide bonds. The van der Waals surface area contributed by atoms with Crippen LogP contribution in [0, 0.1) is 5.92 Å². The van der Waals surface area contributed by atoms with Crippen LogP contribution in [0.25, 0.3) is 0 Å². The maximum absolute atomic E-state index is 3.75. The van der Waals surface area contributed by atoms with Crippen molar-refractivity contribution in [3.63, 3.8) is 0 Å². The van der Waals surface area contributed by atoms with Crippen molar-refractivity contribution in [1.29, 1.82) is 0 Å². The second-order valence-electron chi connectivity index (χ2n) is 6.54. The number of piperazine rings is 1. The molecule has 3 aliphatic heterocycles. The predicted octanol–water partition coefficient (Wildman–Crippen LogP) is 1.54. The lowest BCUT2D eigenvalue weighted by Crippen LogP contribution is -2.47. The summed E-state index contributed by atoms with van der Waals surface area (Å²) in [5, 5.41) is 3.75. The van der Waals surface area contributed by atoms with Crippen LogP contribution >= 0.6 is 0 Å². The molecule has 0 aliphatic carbocycles. The van der Waals surface area contributed by atoms with E-state index < -0.39 is 0 Å². The number of piperidine rings is 1. The molecule has 0 spiro atoms. The van der Waals surface area contributed by atoms with Crippen molar-refractivity contribution in [2.75, 3.05) is 39.3 Å². The van der Waals surface area contributed by atoms with Crippen LogP contribution in [0.4, 0.5) is 0 Å². The highest BCUT2D eigenvalue weighted by Crippen LogP contribution is 2.32. The van der Waals surface area contributed by atoms with Crippen LogP contribution in [-0.4, -0.2) is 61.2 Å². The Labute approximate surface area is 112 Å². The van der Waals surface area contributed by atoms with Crippen molar-refractivity contribution in [1.82, 2.24) is 15.1 Å². The summed E-state index contributed by atoms with van der Waals surface area (Å²) < 4.78 is 0. The molecule has 3 rings (SSSR count). The molecule has 2 atom stereocenters. The highest BCUT2D eigenvalue weighted by atomic mass is 15.3. The monoisotopic (exact) mass is 251 g/mol. The molecule has 3 aliphatic rings. The van der Waals surface area contributed by atoms with Gasteiger partial charge in [-0.05, 0) is 51.1 Å². The van der Waals surface area contributed by atoms with Gasteiger partial charge in [-0.1, -0.05) is 6.92 Å². The molecule has 18 heavy (non-hydrogen) atoms. The Kier molecular flexibility index (Phi) is 4.22. The molecule has 0 radical (unpaired) electrons. The maximum Gasteiger partial charge on any atom is 0.0110 e. The minimum absolute atomic E-state index is 0.866. The van der Waals surface area contributed by atoms with Gasteiger partial charge in [0.05, 0.1) is 0 Å². The normalized spacial score (nSPS) is 38.2. The topological polar surface area (TPSA) is 18.5 Å². The van der Waals surface area contributed by atoms with Crippen LogP contribution in [0.3, 0.4) is 0 Å². The van der Waals surface area contributed by atoms with Crippen molar-refractivity contribution in [3.8, 4) is 0 Å². The Morgan fingerprint density at radius 3 is 2.17 bits per heavy atom.